The Balaban J connectivity index is 1.52. The minimum absolute atomic E-state index is 0.102. The molecule has 3 rings (SSSR count). The van der Waals surface area contributed by atoms with Crippen molar-refractivity contribution in [1.82, 2.24) is 14.8 Å². The van der Waals surface area contributed by atoms with Crippen LogP contribution in [0.25, 0.3) is 0 Å². The van der Waals surface area contributed by atoms with Crippen molar-refractivity contribution in [3.8, 4) is 5.75 Å². The van der Waals surface area contributed by atoms with Crippen molar-refractivity contribution in [2.45, 2.75) is 31.5 Å². The minimum Gasteiger partial charge on any atom is -0.489 e. The van der Waals surface area contributed by atoms with Gasteiger partial charge in [-0.05, 0) is 46.0 Å². The third-order valence-electron chi connectivity index (χ3n) is 5.02. The fraction of sp³-hybridized carbons (Fsp3) is 0.600. The van der Waals surface area contributed by atoms with E-state index in [-0.39, 0.29) is 17.6 Å². The van der Waals surface area contributed by atoms with E-state index < -0.39 is 0 Å². The molecule has 0 N–H and O–H groups in total. The first-order valence-electron chi connectivity index (χ1n) is 9.26. The van der Waals surface area contributed by atoms with Gasteiger partial charge in [0.2, 0.25) is 5.91 Å². The maximum Gasteiger partial charge on any atom is 0.246 e. The smallest absolute Gasteiger partial charge is 0.246 e. The van der Waals surface area contributed by atoms with Gasteiger partial charge in [0.1, 0.15) is 18.0 Å². The summed E-state index contributed by atoms with van der Waals surface area (Å²) in [5.74, 6) is 1.23. The third kappa shape index (κ3) is 4.83. The monoisotopic (exact) mass is 359 g/mol. The number of piperidine rings is 1. The van der Waals surface area contributed by atoms with Gasteiger partial charge in [-0.25, -0.2) is 0 Å². The van der Waals surface area contributed by atoms with Gasteiger partial charge in [0.15, 0.2) is 0 Å². The molecule has 6 nitrogen and oxygen atoms in total. The van der Waals surface area contributed by atoms with Crippen molar-refractivity contribution in [2.75, 3.05) is 40.3 Å². The number of hydrogen-bond acceptors (Lipinski definition) is 5. The molecule has 1 aromatic heterocycles. The molecule has 0 saturated carbocycles. The van der Waals surface area contributed by atoms with Crippen molar-refractivity contribution in [1.29, 1.82) is 0 Å². The number of likely N-dealkylation sites (tertiary alicyclic amines) is 1. The van der Waals surface area contributed by atoms with Crippen molar-refractivity contribution < 1.29 is 14.3 Å². The summed E-state index contributed by atoms with van der Waals surface area (Å²) in [5, 5.41) is 0. The molecule has 2 fully saturated rings. The molecule has 0 spiro atoms. The maximum atomic E-state index is 12.4. The molecule has 2 saturated heterocycles. The Morgan fingerprint density at radius 2 is 2.38 bits per heavy atom. The van der Waals surface area contributed by atoms with E-state index in [4.69, 9.17) is 9.47 Å². The largest absolute Gasteiger partial charge is 0.489 e. The molecule has 1 amide bonds. The summed E-state index contributed by atoms with van der Waals surface area (Å²) in [7, 11) is 3.98. The fourth-order valence-electron chi connectivity index (χ4n) is 3.76. The van der Waals surface area contributed by atoms with E-state index in [2.05, 4.69) is 11.9 Å². The van der Waals surface area contributed by atoms with Crippen LogP contribution in [0.3, 0.4) is 0 Å². The van der Waals surface area contributed by atoms with Crippen molar-refractivity contribution in [3.63, 3.8) is 0 Å². The number of aromatic nitrogens is 1. The van der Waals surface area contributed by atoms with Crippen LogP contribution in [0.15, 0.2) is 36.7 Å². The average Bonchev–Trinajstić information content (AvgIpc) is 2.96. The molecule has 26 heavy (non-hydrogen) atoms. The zero-order valence-corrected chi connectivity index (χ0v) is 15.9. The van der Waals surface area contributed by atoms with E-state index in [0.29, 0.717) is 12.5 Å². The van der Waals surface area contributed by atoms with Crippen LogP contribution in [0.1, 0.15) is 19.8 Å². The molecule has 6 heteroatoms. The van der Waals surface area contributed by atoms with E-state index in [1.807, 2.05) is 42.1 Å². The lowest BCUT2D eigenvalue weighted by Crippen LogP contribution is -2.43. The second-order valence-corrected chi connectivity index (χ2v) is 7.79. The topological polar surface area (TPSA) is 54.9 Å². The van der Waals surface area contributed by atoms with Crippen LogP contribution in [-0.4, -0.2) is 72.7 Å². The van der Waals surface area contributed by atoms with Crippen LogP contribution < -0.4 is 4.74 Å². The van der Waals surface area contributed by atoms with Gasteiger partial charge in [0.25, 0.3) is 0 Å². The highest BCUT2D eigenvalue weighted by molar-refractivity contribution is 5.87. The molecule has 2 aliphatic rings. The third-order valence-corrected chi connectivity index (χ3v) is 5.02. The highest BCUT2D eigenvalue weighted by Crippen LogP contribution is 2.39. The number of pyridine rings is 1. The Labute approximate surface area is 155 Å². The molecule has 0 bridgehead atoms. The number of rotatable bonds is 6. The first-order valence-corrected chi connectivity index (χ1v) is 9.26. The van der Waals surface area contributed by atoms with Crippen LogP contribution in [0, 0.1) is 5.92 Å². The Bertz CT molecular complexity index is 634. The van der Waals surface area contributed by atoms with Gasteiger partial charge in [-0.2, -0.15) is 0 Å². The maximum absolute atomic E-state index is 12.4. The predicted octanol–water partition coefficient (Wildman–Crippen LogP) is 1.97. The molecular weight excluding hydrogens is 330 g/mol. The zero-order chi connectivity index (χ0) is 18.6. The highest BCUT2D eigenvalue weighted by atomic mass is 16.6. The summed E-state index contributed by atoms with van der Waals surface area (Å²) in [6, 6.07) is 3.76. The van der Waals surface area contributed by atoms with Gasteiger partial charge in [0, 0.05) is 37.8 Å². The summed E-state index contributed by atoms with van der Waals surface area (Å²) in [6.07, 6.45) is 9.07. The first kappa shape index (κ1) is 18.9. The van der Waals surface area contributed by atoms with Crippen LogP contribution >= 0.6 is 0 Å². The Morgan fingerprint density at radius 1 is 1.54 bits per heavy atom. The molecule has 3 atom stereocenters. The zero-order valence-electron chi connectivity index (χ0n) is 15.9. The van der Waals surface area contributed by atoms with Crippen LogP contribution in [-0.2, 0) is 9.53 Å². The molecule has 1 aromatic rings. The van der Waals surface area contributed by atoms with E-state index in [1.54, 1.807) is 18.5 Å². The Kier molecular flexibility index (Phi) is 5.94. The van der Waals surface area contributed by atoms with Gasteiger partial charge in [-0.3, -0.25) is 9.78 Å². The lowest BCUT2D eigenvalue weighted by molar-refractivity contribution is -0.130. The van der Waals surface area contributed by atoms with E-state index >= 15 is 0 Å². The number of likely N-dealkylation sites (N-methyl/N-ethyl adjacent to an activating group) is 1. The van der Waals surface area contributed by atoms with Gasteiger partial charge in [0.05, 0.1) is 12.3 Å². The van der Waals surface area contributed by atoms with Crippen LogP contribution in [0.5, 0.6) is 5.75 Å². The molecular formula is C20H29N3O3. The second-order valence-electron chi connectivity index (χ2n) is 7.79. The van der Waals surface area contributed by atoms with E-state index in [1.165, 1.54) is 0 Å². The lowest BCUT2D eigenvalue weighted by atomic mass is 9.89. The molecule has 0 aromatic carbocycles. The summed E-state index contributed by atoms with van der Waals surface area (Å²) in [5.41, 5.74) is -0.314. The summed E-state index contributed by atoms with van der Waals surface area (Å²) < 4.78 is 12.2. The van der Waals surface area contributed by atoms with Crippen LogP contribution in [0.4, 0.5) is 0 Å². The molecule has 2 aliphatic heterocycles. The Hall–Kier alpha value is -1.92. The number of fused-ring (bicyclic) bond motifs is 1. The number of amides is 1. The first-order chi connectivity index (χ1) is 12.5. The quantitative estimate of drug-likeness (QED) is 0.727. The number of ether oxygens (including phenoxy) is 2. The van der Waals surface area contributed by atoms with Gasteiger partial charge in [-0.15, -0.1) is 0 Å². The summed E-state index contributed by atoms with van der Waals surface area (Å²) >= 11 is 0. The van der Waals surface area contributed by atoms with E-state index in [0.717, 1.165) is 38.2 Å². The molecule has 142 valence electrons. The molecule has 3 heterocycles. The van der Waals surface area contributed by atoms with Crippen molar-refractivity contribution in [2.24, 2.45) is 5.92 Å². The average molecular weight is 359 g/mol. The number of hydrogen-bond donors (Lipinski definition) is 0. The predicted molar refractivity (Wildman–Crippen MR) is 100 cm³/mol. The second kappa shape index (κ2) is 8.18. The summed E-state index contributed by atoms with van der Waals surface area (Å²) in [6.45, 7) is 4.90. The van der Waals surface area contributed by atoms with Crippen LogP contribution in [0.2, 0.25) is 0 Å². The van der Waals surface area contributed by atoms with Gasteiger partial charge >= 0.3 is 0 Å². The number of nitrogens with zero attached hydrogens (tertiary/aromatic N) is 3. The lowest BCUT2D eigenvalue weighted by Gasteiger charge is -2.33. The number of carbonyl (C=O) groups is 1. The minimum atomic E-state index is -0.314. The fourth-order valence-corrected chi connectivity index (χ4v) is 3.76. The van der Waals surface area contributed by atoms with Crippen molar-refractivity contribution in [3.05, 3.63) is 36.7 Å². The molecule has 0 unspecified atom stereocenters. The molecule has 0 aliphatic carbocycles. The van der Waals surface area contributed by atoms with Gasteiger partial charge < -0.3 is 19.3 Å². The highest BCUT2D eigenvalue weighted by Gasteiger charge is 2.46. The SMILES string of the molecule is CN(C)C/C=C/C(=O)N1CC[C@@H]2O[C@@](C)(COc3cccnc3)C[C@@H]2C1. The van der Waals surface area contributed by atoms with E-state index in [9.17, 15) is 4.79 Å². The summed E-state index contributed by atoms with van der Waals surface area (Å²) in [4.78, 5) is 20.4. The van der Waals surface area contributed by atoms with Gasteiger partial charge in [-0.1, -0.05) is 6.08 Å². The van der Waals surface area contributed by atoms with Crippen molar-refractivity contribution >= 4 is 5.91 Å². The standard InChI is InChI=1S/C20H29N3O3/c1-20(15-25-17-6-4-9-21-13-17)12-16-14-23(11-8-18(16)26-20)19(24)7-5-10-22(2)3/h4-7,9,13,16,18H,8,10-12,14-15H2,1-3H3/b7-5+/t16-,18+,20-/m1/s1. The molecule has 0 radical (unpaired) electrons. The normalized spacial score (nSPS) is 28.5. The number of carbonyl (C=O) groups excluding carboxylic acids is 1. The Morgan fingerprint density at radius 3 is 3.12 bits per heavy atom.